The third-order valence-corrected chi connectivity index (χ3v) is 8.16. The number of piperazine rings is 1. The predicted octanol–water partition coefficient (Wildman–Crippen LogP) is 5.71. The van der Waals surface area contributed by atoms with Crippen molar-refractivity contribution >= 4 is 28.3 Å². The number of likely N-dealkylation sites (tertiary alicyclic amines) is 1. The van der Waals surface area contributed by atoms with Crippen LogP contribution in [0.25, 0.3) is 16.6 Å². The Hall–Kier alpha value is -4.00. The molecule has 1 aromatic heterocycles. The highest BCUT2D eigenvalue weighted by atomic mass is 16.5. The maximum atomic E-state index is 13.4. The summed E-state index contributed by atoms with van der Waals surface area (Å²) in [7, 11) is 0. The summed E-state index contributed by atoms with van der Waals surface area (Å²) in [6, 6.07) is 16.7. The minimum absolute atomic E-state index is 0.335. The standard InChI is InChI=1S/C34H42N4O3/c1-24(36-15-13-27(14-16-36)21-26-9-7-6-8-10-26)28-11-12-31-29(22-28)30(23-35-31)32(39)33(40)38-19-17-37(18-20-38)25(2)41-34(3,4)5/h6-12,22-23,27,35H,1-2,13-21H2,3-5H3. The number of ether oxygens (including phenoxy) is 1. The molecule has 2 aliphatic rings. The molecule has 0 bridgehead atoms. The molecule has 2 saturated heterocycles. The van der Waals surface area contributed by atoms with Gasteiger partial charge in [0.1, 0.15) is 5.60 Å². The fraction of sp³-hybridized carbons (Fsp3) is 0.412. The van der Waals surface area contributed by atoms with Crippen molar-refractivity contribution in [2.24, 2.45) is 5.92 Å². The fourth-order valence-electron chi connectivity index (χ4n) is 5.86. The molecule has 3 aromatic rings. The van der Waals surface area contributed by atoms with Crippen LogP contribution in [0.3, 0.4) is 0 Å². The third-order valence-electron chi connectivity index (χ3n) is 8.16. The number of nitrogens with zero attached hydrogens (tertiary/aromatic N) is 3. The molecule has 1 amide bonds. The molecule has 0 saturated carbocycles. The van der Waals surface area contributed by atoms with Gasteiger partial charge in [0.25, 0.3) is 11.7 Å². The van der Waals surface area contributed by atoms with Crippen LogP contribution in [0.15, 0.2) is 73.8 Å². The molecule has 2 fully saturated rings. The molecule has 2 aliphatic heterocycles. The molecular formula is C34H42N4O3. The minimum atomic E-state index is -0.487. The van der Waals surface area contributed by atoms with Gasteiger partial charge in [0.15, 0.2) is 5.88 Å². The molecule has 1 N–H and O–H groups in total. The summed E-state index contributed by atoms with van der Waals surface area (Å²) in [5.74, 6) is 0.312. The van der Waals surface area contributed by atoms with Crippen molar-refractivity contribution in [3.63, 3.8) is 0 Å². The summed E-state index contributed by atoms with van der Waals surface area (Å²) in [6.07, 6.45) is 5.02. The number of nitrogens with one attached hydrogen (secondary N) is 1. The van der Waals surface area contributed by atoms with Crippen molar-refractivity contribution in [3.05, 3.63) is 90.5 Å². The van der Waals surface area contributed by atoms with Crippen molar-refractivity contribution < 1.29 is 14.3 Å². The lowest BCUT2D eigenvalue weighted by molar-refractivity contribution is -0.128. The van der Waals surface area contributed by atoms with Crippen molar-refractivity contribution in [1.29, 1.82) is 0 Å². The zero-order chi connectivity index (χ0) is 29.1. The fourth-order valence-corrected chi connectivity index (χ4v) is 5.86. The van der Waals surface area contributed by atoms with Crippen LogP contribution in [0.4, 0.5) is 0 Å². The summed E-state index contributed by atoms with van der Waals surface area (Å²) in [5.41, 5.74) is 4.24. The normalized spacial score (nSPS) is 16.6. The molecule has 0 aliphatic carbocycles. The van der Waals surface area contributed by atoms with E-state index in [0.29, 0.717) is 43.5 Å². The van der Waals surface area contributed by atoms with E-state index in [-0.39, 0.29) is 5.60 Å². The molecule has 41 heavy (non-hydrogen) atoms. The summed E-state index contributed by atoms with van der Waals surface area (Å²) in [4.78, 5) is 35.8. The van der Waals surface area contributed by atoms with Crippen molar-refractivity contribution in [1.82, 2.24) is 19.7 Å². The second kappa shape index (κ2) is 11.9. The van der Waals surface area contributed by atoms with Crippen molar-refractivity contribution in [2.45, 2.75) is 45.6 Å². The first-order valence-electron chi connectivity index (χ1n) is 14.6. The van der Waals surface area contributed by atoms with Gasteiger partial charge in [-0.3, -0.25) is 9.59 Å². The molecule has 0 unspecified atom stereocenters. The average molecular weight is 555 g/mol. The van der Waals surface area contributed by atoms with Crippen LogP contribution in [-0.2, 0) is 16.0 Å². The van der Waals surface area contributed by atoms with Crippen LogP contribution in [0, 0.1) is 5.92 Å². The first-order chi connectivity index (χ1) is 19.6. The molecule has 216 valence electrons. The Balaban J connectivity index is 1.21. The lowest BCUT2D eigenvalue weighted by Gasteiger charge is -2.38. The number of rotatable bonds is 8. The van der Waals surface area contributed by atoms with Gasteiger partial charge in [-0.1, -0.05) is 43.0 Å². The Labute approximate surface area is 243 Å². The van der Waals surface area contributed by atoms with Gasteiger partial charge in [-0.2, -0.15) is 0 Å². The van der Waals surface area contributed by atoms with E-state index >= 15 is 0 Å². The van der Waals surface area contributed by atoms with E-state index in [0.717, 1.165) is 54.5 Å². The van der Waals surface area contributed by atoms with E-state index in [2.05, 4.69) is 53.4 Å². The van der Waals surface area contributed by atoms with Gasteiger partial charge >= 0.3 is 0 Å². The monoisotopic (exact) mass is 554 g/mol. The number of carbonyl (C=O) groups excluding carboxylic acids is 2. The highest BCUT2D eigenvalue weighted by molar-refractivity contribution is 6.44. The lowest BCUT2D eigenvalue weighted by atomic mass is 9.89. The largest absolute Gasteiger partial charge is 0.474 e. The van der Waals surface area contributed by atoms with Gasteiger partial charge in [-0.15, -0.1) is 0 Å². The summed E-state index contributed by atoms with van der Waals surface area (Å²) < 4.78 is 5.88. The number of piperidine rings is 1. The van der Waals surface area contributed by atoms with Crippen LogP contribution >= 0.6 is 0 Å². The number of aromatic amines is 1. The number of benzene rings is 2. The SMILES string of the molecule is C=C(OC(C)(C)C)N1CCN(C(=O)C(=O)c2c[nH]c3ccc(C(=C)N4CCC(Cc5ccccc5)CC4)cc23)CC1. The molecule has 5 rings (SSSR count). The number of amides is 1. The smallest absolute Gasteiger partial charge is 0.295 e. The number of fused-ring (bicyclic) bond motifs is 1. The van der Waals surface area contributed by atoms with Gasteiger partial charge in [0, 0.05) is 62.1 Å². The van der Waals surface area contributed by atoms with Crippen LogP contribution in [0.5, 0.6) is 0 Å². The molecule has 2 aromatic carbocycles. The van der Waals surface area contributed by atoms with E-state index in [9.17, 15) is 9.59 Å². The van der Waals surface area contributed by atoms with Crippen LogP contribution < -0.4 is 0 Å². The third kappa shape index (κ3) is 6.67. The summed E-state index contributed by atoms with van der Waals surface area (Å²) in [6.45, 7) is 18.4. The highest BCUT2D eigenvalue weighted by Gasteiger charge is 2.30. The molecule has 7 heteroatoms. The van der Waals surface area contributed by atoms with E-state index in [1.807, 2.05) is 43.9 Å². The maximum absolute atomic E-state index is 13.4. The predicted molar refractivity (Wildman–Crippen MR) is 164 cm³/mol. The van der Waals surface area contributed by atoms with E-state index < -0.39 is 11.7 Å². The van der Waals surface area contributed by atoms with E-state index in [1.54, 1.807) is 11.1 Å². The second-order valence-corrected chi connectivity index (χ2v) is 12.2. The van der Waals surface area contributed by atoms with Gasteiger partial charge < -0.3 is 24.4 Å². The first-order valence-corrected chi connectivity index (χ1v) is 14.6. The number of aromatic nitrogens is 1. The van der Waals surface area contributed by atoms with Crippen LogP contribution in [-0.4, -0.2) is 76.2 Å². The number of carbonyl (C=O) groups is 2. The number of hydrogen-bond donors (Lipinski definition) is 1. The first kappa shape index (κ1) is 28.5. The van der Waals surface area contributed by atoms with E-state index in [1.165, 1.54) is 5.56 Å². The Morgan fingerprint density at radius 1 is 0.902 bits per heavy atom. The van der Waals surface area contributed by atoms with Crippen LogP contribution in [0.1, 0.15) is 55.1 Å². The van der Waals surface area contributed by atoms with Gasteiger partial charge in [-0.05, 0) is 75.8 Å². The number of H-pyrrole nitrogens is 1. The Bertz CT molecular complexity index is 1420. The molecule has 3 heterocycles. The molecular weight excluding hydrogens is 512 g/mol. The summed E-state index contributed by atoms with van der Waals surface area (Å²) >= 11 is 0. The van der Waals surface area contributed by atoms with Crippen molar-refractivity contribution in [2.75, 3.05) is 39.3 Å². The van der Waals surface area contributed by atoms with Gasteiger partial charge in [0.05, 0.1) is 5.56 Å². The molecule has 0 atom stereocenters. The maximum Gasteiger partial charge on any atom is 0.295 e. The Morgan fingerprint density at radius 3 is 2.22 bits per heavy atom. The van der Waals surface area contributed by atoms with E-state index in [4.69, 9.17) is 4.74 Å². The Morgan fingerprint density at radius 2 is 1.56 bits per heavy atom. The van der Waals surface area contributed by atoms with Gasteiger partial charge in [-0.25, -0.2) is 0 Å². The topological polar surface area (TPSA) is 68.9 Å². The molecule has 0 spiro atoms. The number of ketones is 1. The molecule has 0 radical (unpaired) electrons. The zero-order valence-electron chi connectivity index (χ0n) is 24.6. The molecule has 7 nitrogen and oxygen atoms in total. The second-order valence-electron chi connectivity index (χ2n) is 12.2. The number of hydrogen-bond acceptors (Lipinski definition) is 5. The number of Topliss-reactive ketones (excluding diaryl/α,β-unsaturated/α-hetero) is 1. The van der Waals surface area contributed by atoms with Crippen molar-refractivity contribution in [3.8, 4) is 0 Å². The minimum Gasteiger partial charge on any atom is -0.474 e. The van der Waals surface area contributed by atoms with Crippen LogP contribution in [0.2, 0.25) is 0 Å². The zero-order valence-corrected chi connectivity index (χ0v) is 24.6. The highest BCUT2D eigenvalue weighted by Crippen LogP contribution is 2.30. The lowest BCUT2D eigenvalue weighted by Crippen LogP contribution is -2.50. The quantitative estimate of drug-likeness (QED) is 0.220. The summed E-state index contributed by atoms with van der Waals surface area (Å²) in [5, 5.41) is 0.756. The average Bonchev–Trinajstić information content (AvgIpc) is 3.39. The Kier molecular flexibility index (Phi) is 8.25. The van der Waals surface area contributed by atoms with Gasteiger partial charge in [0.2, 0.25) is 0 Å².